The molecule has 4 nitrogen and oxygen atoms in total. The van der Waals surface area contributed by atoms with E-state index in [1.54, 1.807) is 0 Å². The number of hydrogen-bond donors (Lipinski definition) is 1. The number of rotatable bonds is 5. The van der Waals surface area contributed by atoms with Crippen LogP contribution in [0.1, 0.15) is 24.8 Å². The predicted octanol–water partition coefficient (Wildman–Crippen LogP) is 1.95. The second-order valence-corrected chi connectivity index (χ2v) is 4.88. The van der Waals surface area contributed by atoms with Gasteiger partial charge in [0.05, 0.1) is 18.8 Å². The Kier molecular flexibility index (Phi) is 4.92. The summed E-state index contributed by atoms with van der Waals surface area (Å²) in [5.41, 5.74) is 6.04. The van der Waals surface area contributed by atoms with Crippen LogP contribution in [0, 0.1) is 11.3 Å². The first-order valence-corrected chi connectivity index (χ1v) is 6.69. The fourth-order valence-electron chi connectivity index (χ4n) is 2.23. The minimum atomic E-state index is -0.966. The van der Waals surface area contributed by atoms with Crippen LogP contribution in [0.2, 0.25) is 0 Å². The first kappa shape index (κ1) is 14.0. The molecule has 2 N–H and O–H groups in total. The Bertz CT molecular complexity index is 424. The van der Waals surface area contributed by atoms with Crippen LogP contribution in [-0.4, -0.2) is 25.9 Å². The predicted molar refractivity (Wildman–Crippen MR) is 72.3 cm³/mol. The molecule has 1 aliphatic heterocycles. The first-order chi connectivity index (χ1) is 9.24. The lowest BCUT2D eigenvalue weighted by atomic mass is 9.89. The summed E-state index contributed by atoms with van der Waals surface area (Å²) >= 11 is 0. The molecule has 1 aliphatic rings. The Balaban J connectivity index is 1.87. The molecule has 1 fully saturated rings. The van der Waals surface area contributed by atoms with Gasteiger partial charge in [-0.2, -0.15) is 5.26 Å². The number of benzene rings is 1. The summed E-state index contributed by atoms with van der Waals surface area (Å²) in [6, 6.07) is 11.7. The van der Waals surface area contributed by atoms with Crippen molar-refractivity contribution in [2.24, 2.45) is 5.73 Å². The van der Waals surface area contributed by atoms with Crippen LogP contribution in [0.25, 0.3) is 0 Å². The third kappa shape index (κ3) is 3.77. The smallest absolute Gasteiger partial charge is 0.132 e. The molecule has 1 aromatic carbocycles. The molecule has 1 atom stereocenters. The van der Waals surface area contributed by atoms with Gasteiger partial charge in [-0.05, 0) is 18.4 Å². The summed E-state index contributed by atoms with van der Waals surface area (Å²) in [4.78, 5) is 0. The van der Waals surface area contributed by atoms with Gasteiger partial charge in [-0.25, -0.2) is 0 Å². The van der Waals surface area contributed by atoms with E-state index in [4.69, 9.17) is 15.2 Å². The van der Waals surface area contributed by atoms with Gasteiger partial charge in [0.25, 0.3) is 0 Å². The van der Waals surface area contributed by atoms with Gasteiger partial charge in [0.1, 0.15) is 5.54 Å². The highest BCUT2D eigenvalue weighted by Crippen LogP contribution is 2.22. The zero-order valence-corrected chi connectivity index (χ0v) is 11.0. The molecule has 0 aliphatic carbocycles. The molecule has 0 spiro atoms. The van der Waals surface area contributed by atoms with Crippen LogP contribution in [-0.2, 0) is 15.0 Å². The molecule has 4 heteroatoms. The van der Waals surface area contributed by atoms with Gasteiger partial charge < -0.3 is 15.2 Å². The van der Waals surface area contributed by atoms with Crippen molar-refractivity contribution in [3.8, 4) is 6.07 Å². The van der Waals surface area contributed by atoms with E-state index in [1.165, 1.54) is 0 Å². The van der Waals surface area contributed by atoms with Crippen LogP contribution in [0.15, 0.2) is 30.3 Å². The van der Waals surface area contributed by atoms with E-state index in [1.807, 2.05) is 30.3 Å². The molecule has 1 unspecified atom stereocenters. The van der Waals surface area contributed by atoms with Gasteiger partial charge in [0.2, 0.25) is 0 Å². The molecule has 102 valence electrons. The van der Waals surface area contributed by atoms with Crippen LogP contribution < -0.4 is 5.73 Å². The highest BCUT2D eigenvalue weighted by molar-refractivity contribution is 5.30. The fraction of sp³-hybridized carbons (Fsp3) is 0.533. The second kappa shape index (κ2) is 6.67. The lowest BCUT2D eigenvalue weighted by Crippen LogP contribution is -2.37. The highest BCUT2D eigenvalue weighted by atomic mass is 16.5. The number of nitriles is 1. The van der Waals surface area contributed by atoms with E-state index >= 15 is 0 Å². The Morgan fingerprint density at radius 3 is 2.63 bits per heavy atom. The third-order valence-corrected chi connectivity index (χ3v) is 3.51. The maximum Gasteiger partial charge on any atom is 0.132 e. The van der Waals surface area contributed by atoms with Crippen molar-refractivity contribution in [3.05, 3.63) is 35.9 Å². The van der Waals surface area contributed by atoms with Crippen molar-refractivity contribution >= 4 is 0 Å². The van der Waals surface area contributed by atoms with Gasteiger partial charge >= 0.3 is 0 Å². The van der Waals surface area contributed by atoms with Crippen LogP contribution in [0.3, 0.4) is 0 Å². The van der Waals surface area contributed by atoms with Crippen molar-refractivity contribution in [3.63, 3.8) is 0 Å². The minimum Gasteiger partial charge on any atom is -0.381 e. The summed E-state index contributed by atoms with van der Waals surface area (Å²) < 4.78 is 11.1. The molecule has 1 heterocycles. The molecule has 0 saturated carbocycles. The molecular formula is C15H20N2O2. The average molecular weight is 260 g/mol. The lowest BCUT2D eigenvalue weighted by Gasteiger charge is -2.26. The fourth-order valence-corrected chi connectivity index (χ4v) is 2.23. The lowest BCUT2D eigenvalue weighted by molar-refractivity contribution is -0.0349. The summed E-state index contributed by atoms with van der Waals surface area (Å²) in [5, 5.41) is 9.33. The van der Waals surface area contributed by atoms with Crippen LogP contribution in [0.5, 0.6) is 0 Å². The molecule has 1 saturated heterocycles. The van der Waals surface area contributed by atoms with Gasteiger partial charge in [0.15, 0.2) is 0 Å². The van der Waals surface area contributed by atoms with Crippen molar-refractivity contribution in [2.75, 3.05) is 19.8 Å². The molecule has 19 heavy (non-hydrogen) atoms. The summed E-state index contributed by atoms with van der Waals surface area (Å²) in [5.74, 6) is 0. The van der Waals surface area contributed by atoms with Gasteiger partial charge in [-0.3, -0.25) is 0 Å². The first-order valence-electron chi connectivity index (χ1n) is 6.69. The van der Waals surface area contributed by atoms with Crippen molar-refractivity contribution in [1.82, 2.24) is 0 Å². The minimum absolute atomic E-state index is 0.243. The van der Waals surface area contributed by atoms with E-state index in [9.17, 15) is 5.26 Å². The standard InChI is InChI=1S/C15H20N2O2/c16-12-15(17,13-4-2-1-3-5-13)8-11-19-14-6-9-18-10-7-14/h1-5,14H,6-11,17H2. The number of ether oxygens (including phenoxy) is 2. The topological polar surface area (TPSA) is 68.3 Å². The number of nitrogens with zero attached hydrogens (tertiary/aromatic N) is 1. The summed E-state index contributed by atoms with van der Waals surface area (Å²) in [7, 11) is 0. The molecular weight excluding hydrogens is 240 g/mol. The maximum absolute atomic E-state index is 9.33. The van der Waals surface area contributed by atoms with Crippen molar-refractivity contribution < 1.29 is 9.47 Å². The molecule has 0 radical (unpaired) electrons. The quantitative estimate of drug-likeness (QED) is 0.878. The highest BCUT2D eigenvalue weighted by Gasteiger charge is 2.27. The Morgan fingerprint density at radius 2 is 2.00 bits per heavy atom. The number of hydrogen-bond acceptors (Lipinski definition) is 4. The monoisotopic (exact) mass is 260 g/mol. The zero-order chi connectivity index (χ0) is 13.6. The summed E-state index contributed by atoms with van der Waals surface area (Å²) in [6.45, 7) is 2.02. The maximum atomic E-state index is 9.33. The van der Waals surface area contributed by atoms with E-state index in [-0.39, 0.29) is 6.10 Å². The summed E-state index contributed by atoms with van der Waals surface area (Å²) in [6.07, 6.45) is 2.60. The van der Waals surface area contributed by atoms with Crippen molar-refractivity contribution in [2.45, 2.75) is 30.9 Å². The molecule has 1 aromatic rings. The molecule has 0 amide bonds. The van der Waals surface area contributed by atoms with Crippen LogP contribution >= 0.6 is 0 Å². The molecule has 2 rings (SSSR count). The van der Waals surface area contributed by atoms with Gasteiger partial charge in [-0.1, -0.05) is 30.3 Å². The van der Waals surface area contributed by atoms with Crippen LogP contribution in [0.4, 0.5) is 0 Å². The van der Waals surface area contributed by atoms with E-state index in [0.717, 1.165) is 31.6 Å². The molecule has 0 bridgehead atoms. The largest absolute Gasteiger partial charge is 0.381 e. The third-order valence-electron chi connectivity index (χ3n) is 3.51. The normalized spacial score (nSPS) is 19.6. The average Bonchev–Trinajstić information content (AvgIpc) is 2.49. The number of nitrogens with two attached hydrogens (primary N) is 1. The van der Waals surface area contributed by atoms with Gasteiger partial charge in [-0.15, -0.1) is 0 Å². The Labute approximate surface area is 114 Å². The van der Waals surface area contributed by atoms with E-state index in [0.29, 0.717) is 13.0 Å². The van der Waals surface area contributed by atoms with Gasteiger partial charge in [0, 0.05) is 19.6 Å². The van der Waals surface area contributed by atoms with E-state index in [2.05, 4.69) is 6.07 Å². The van der Waals surface area contributed by atoms with Crippen molar-refractivity contribution in [1.29, 1.82) is 5.26 Å². The Hall–Kier alpha value is -1.41. The molecule has 0 aromatic heterocycles. The zero-order valence-electron chi connectivity index (χ0n) is 11.0. The van der Waals surface area contributed by atoms with E-state index < -0.39 is 5.54 Å². The SMILES string of the molecule is N#CC(N)(CCOC1CCOCC1)c1ccccc1. The second-order valence-electron chi connectivity index (χ2n) is 4.88. The Morgan fingerprint density at radius 1 is 1.32 bits per heavy atom.